The minimum atomic E-state index is -0.681. The van der Waals surface area contributed by atoms with Crippen molar-refractivity contribution in [3.05, 3.63) is 69.8 Å². The zero-order valence-electron chi connectivity index (χ0n) is 15.0. The summed E-state index contributed by atoms with van der Waals surface area (Å²) in [6, 6.07) is 11.4. The van der Waals surface area contributed by atoms with Crippen molar-refractivity contribution in [2.45, 2.75) is 13.3 Å². The third-order valence-electron chi connectivity index (χ3n) is 4.47. The highest BCUT2D eigenvalue weighted by Crippen LogP contribution is 2.38. The van der Waals surface area contributed by atoms with Gasteiger partial charge in [-0.25, -0.2) is 0 Å². The number of nitro groups is 1. The molecular weight excluding hydrogens is 364 g/mol. The molecule has 2 aromatic rings. The number of benzene rings is 2. The maximum atomic E-state index is 12.1. The van der Waals surface area contributed by atoms with Crippen LogP contribution < -0.4 is 16.2 Å². The Morgan fingerprint density at radius 2 is 1.61 bits per heavy atom. The van der Waals surface area contributed by atoms with Crippen molar-refractivity contribution in [3.63, 3.8) is 0 Å². The number of non-ortho nitro benzene ring substituents is 1. The van der Waals surface area contributed by atoms with Gasteiger partial charge in [-0.3, -0.25) is 35.3 Å². The van der Waals surface area contributed by atoms with E-state index in [0.29, 0.717) is 11.6 Å². The number of hydrogen-bond acceptors (Lipinski definition) is 5. The van der Waals surface area contributed by atoms with Crippen LogP contribution in [-0.4, -0.2) is 22.6 Å². The summed E-state index contributed by atoms with van der Waals surface area (Å²) in [5.41, 5.74) is 5.13. The molecule has 1 aliphatic carbocycles. The van der Waals surface area contributed by atoms with E-state index in [4.69, 9.17) is 0 Å². The normalized spacial score (nSPS) is 17.3. The monoisotopic (exact) mass is 382 g/mol. The molecule has 3 N–H and O–H groups in total. The Morgan fingerprint density at radius 1 is 1.00 bits per heavy atom. The second kappa shape index (κ2) is 7.87. The SMILES string of the molecule is CC1CC1C(=O)Nc1ccc(C(=O)NNC(=O)c2cccc([N+](=O)[O-])c2)cc1. The van der Waals surface area contributed by atoms with Crippen LogP contribution in [0.25, 0.3) is 0 Å². The molecule has 3 amide bonds. The van der Waals surface area contributed by atoms with Gasteiger partial charge in [0.2, 0.25) is 5.91 Å². The minimum Gasteiger partial charge on any atom is -0.326 e. The van der Waals surface area contributed by atoms with E-state index in [1.165, 1.54) is 30.3 Å². The molecule has 2 unspecified atom stereocenters. The quantitative estimate of drug-likeness (QED) is 0.539. The maximum Gasteiger partial charge on any atom is 0.270 e. The summed E-state index contributed by atoms with van der Waals surface area (Å²) in [6.45, 7) is 2.01. The highest BCUT2D eigenvalue weighted by Gasteiger charge is 2.39. The third-order valence-corrected chi connectivity index (χ3v) is 4.47. The van der Waals surface area contributed by atoms with Gasteiger partial charge in [-0.15, -0.1) is 0 Å². The Hall–Kier alpha value is -3.75. The minimum absolute atomic E-state index is 0.0334. The molecule has 144 valence electrons. The molecule has 1 saturated carbocycles. The molecule has 3 rings (SSSR count). The zero-order valence-corrected chi connectivity index (χ0v) is 15.0. The molecule has 9 heteroatoms. The number of anilines is 1. The average Bonchev–Trinajstić information content (AvgIpc) is 3.43. The number of nitro benzene ring substituents is 1. The summed E-state index contributed by atoms with van der Waals surface area (Å²) in [6.07, 6.45) is 0.886. The van der Waals surface area contributed by atoms with Crippen LogP contribution in [0.2, 0.25) is 0 Å². The predicted octanol–water partition coefficient (Wildman–Crippen LogP) is 2.26. The lowest BCUT2D eigenvalue weighted by molar-refractivity contribution is -0.384. The number of hydrogen-bond donors (Lipinski definition) is 3. The van der Waals surface area contributed by atoms with Gasteiger partial charge in [-0.1, -0.05) is 13.0 Å². The van der Waals surface area contributed by atoms with Gasteiger partial charge in [0.05, 0.1) is 4.92 Å². The molecule has 2 atom stereocenters. The molecule has 2 aromatic carbocycles. The second-order valence-electron chi connectivity index (χ2n) is 6.60. The lowest BCUT2D eigenvalue weighted by Crippen LogP contribution is -2.41. The Labute approximate surface area is 160 Å². The van der Waals surface area contributed by atoms with E-state index >= 15 is 0 Å². The number of carbonyl (C=O) groups is 3. The standard InChI is InChI=1S/C19H18N4O5/c1-11-9-16(11)19(26)20-14-7-5-12(6-8-14)17(24)21-22-18(25)13-3-2-4-15(10-13)23(27)28/h2-8,10-11,16H,9H2,1H3,(H,20,26)(H,21,24)(H,22,25). The Kier molecular flexibility index (Phi) is 5.35. The van der Waals surface area contributed by atoms with Gasteiger partial charge in [-0.05, 0) is 42.7 Å². The Bertz CT molecular complexity index is 942. The first-order valence-electron chi connectivity index (χ1n) is 8.61. The van der Waals surface area contributed by atoms with E-state index < -0.39 is 16.7 Å². The Balaban J connectivity index is 1.54. The van der Waals surface area contributed by atoms with Gasteiger partial charge in [0.15, 0.2) is 0 Å². The smallest absolute Gasteiger partial charge is 0.270 e. The van der Waals surface area contributed by atoms with Crippen molar-refractivity contribution in [2.75, 3.05) is 5.32 Å². The molecule has 0 spiro atoms. The van der Waals surface area contributed by atoms with E-state index in [1.54, 1.807) is 12.1 Å². The van der Waals surface area contributed by atoms with Gasteiger partial charge in [0, 0.05) is 34.9 Å². The summed E-state index contributed by atoms with van der Waals surface area (Å²) < 4.78 is 0. The molecule has 0 heterocycles. The summed E-state index contributed by atoms with van der Waals surface area (Å²) in [4.78, 5) is 46.2. The van der Waals surface area contributed by atoms with Crippen molar-refractivity contribution in [2.24, 2.45) is 11.8 Å². The van der Waals surface area contributed by atoms with E-state index in [9.17, 15) is 24.5 Å². The molecule has 0 aromatic heterocycles. The summed E-state index contributed by atoms with van der Waals surface area (Å²) in [5, 5.41) is 13.5. The van der Waals surface area contributed by atoms with Gasteiger partial charge in [0.1, 0.15) is 0 Å². The van der Waals surface area contributed by atoms with E-state index in [1.807, 2.05) is 6.92 Å². The third kappa shape index (κ3) is 4.50. The van der Waals surface area contributed by atoms with Crippen molar-refractivity contribution >= 4 is 29.1 Å². The highest BCUT2D eigenvalue weighted by atomic mass is 16.6. The second-order valence-corrected chi connectivity index (χ2v) is 6.60. The van der Waals surface area contributed by atoms with Crippen molar-refractivity contribution in [1.29, 1.82) is 0 Å². The molecule has 1 aliphatic rings. The topological polar surface area (TPSA) is 130 Å². The molecule has 0 bridgehead atoms. The molecule has 0 radical (unpaired) electrons. The van der Waals surface area contributed by atoms with Crippen LogP contribution in [0.1, 0.15) is 34.1 Å². The number of amides is 3. The summed E-state index contributed by atoms with van der Waals surface area (Å²) >= 11 is 0. The van der Waals surface area contributed by atoms with Crippen LogP contribution in [0.5, 0.6) is 0 Å². The lowest BCUT2D eigenvalue weighted by atomic mass is 10.2. The molecule has 0 saturated heterocycles. The first kappa shape index (κ1) is 19.0. The number of carbonyl (C=O) groups excluding carboxylic acids is 3. The van der Waals surface area contributed by atoms with Crippen LogP contribution in [0, 0.1) is 22.0 Å². The van der Waals surface area contributed by atoms with Gasteiger partial charge in [-0.2, -0.15) is 0 Å². The molecule has 1 fully saturated rings. The number of rotatable bonds is 5. The fourth-order valence-corrected chi connectivity index (χ4v) is 2.65. The largest absolute Gasteiger partial charge is 0.326 e. The highest BCUT2D eigenvalue weighted by molar-refractivity contribution is 6.00. The molecular formula is C19H18N4O5. The van der Waals surface area contributed by atoms with E-state index in [0.717, 1.165) is 12.5 Å². The van der Waals surface area contributed by atoms with Gasteiger partial charge in [0.25, 0.3) is 17.5 Å². The summed E-state index contributed by atoms with van der Waals surface area (Å²) in [5.74, 6) is -0.826. The zero-order chi connectivity index (χ0) is 20.3. The number of nitrogens with zero attached hydrogens (tertiary/aromatic N) is 1. The van der Waals surface area contributed by atoms with Gasteiger partial charge >= 0.3 is 0 Å². The van der Waals surface area contributed by atoms with Crippen LogP contribution in [0.3, 0.4) is 0 Å². The molecule has 28 heavy (non-hydrogen) atoms. The van der Waals surface area contributed by atoms with Crippen molar-refractivity contribution in [3.8, 4) is 0 Å². The first-order chi connectivity index (χ1) is 13.3. The number of hydrazine groups is 1. The Morgan fingerprint density at radius 3 is 2.18 bits per heavy atom. The van der Waals surface area contributed by atoms with Gasteiger partial charge < -0.3 is 5.32 Å². The number of nitrogens with one attached hydrogen (secondary N) is 3. The molecule has 0 aliphatic heterocycles. The fraction of sp³-hybridized carbons (Fsp3) is 0.211. The predicted molar refractivity (Wildman–Crippen MR) is 100 cm³/mol. The average molecular weight is 382 g/mol. The van der Waals surface area contributed by atoms with E-state index in [2.05, 4.69) is 16.2 Å². The molecule has 9 nitrogen and oxygen atoms in total. The summed E-state index contributed by atoms with van der Waals surface area (Å²) in [7, 11) is 0. The van der Waals surface area contributed by atoms with Crippen molar-refractivity contribution < 1.29 is 19.3 Å². The first-order valence-corrected chi connectivity index (χ1v) is 8.61. The lowest BCUT2D eigenvalue weighted by Gasteiger charge is -2.09. The van der Waals surface area contributed by atoms with Crippen LogP contribution in [-0.2, 0) is 4.79 Å². The van der Waals surface area contributed by atoms with Crippen molar-refractivity contribution in [1.82, 2.24) is 10.9 Å². The fourth-order valence-electron chi connectivity index (χ4n) is 2.65. The van der Waals surface area contributed by atoms with E-state index in [-0.39, 0.29) is 28.6 Å². The van der Waals surface area contributed by atoms with Crippen LogP contribution >= 0.6 is 0 Å². The van der Waals surface area contributed by atoms with Crippen LogP contribution in [0.15, 0.2) is 48.5 Å². The van der Waals surface area contributed by atoms with Crippen LogP contribution in [0.4, 0.5) is 11.4 Å². The maximum absolute atomic E-state index is 12.1.